The largest absolute Gasteiger partial charge is 0.311 e. The topological polar surface area (TPSA) is 28.2 Å². The summed E-state index contributed by atoms with van der Waals surface area (Å²) < 4.78 is 0. The minimum absolute atomic E-state index is 0.702. The van der Waals surface area contributed by atoms with Crippen LogP contribution in [0.4, 0.5) is 0 Å². The van der Waals surface area contributed by atoms with Crippen LogP contribution in [0.15, 0.2) is 18.3 Å². The summed E-state index contributed by atoms with van der Waals surface area (Å²) in [5.41, 5.74) is 2.57. The third-order valence-corrected chi connectivity index (χ3v) is 5.00. The molecule has 3 nitrogen and oxygen atoms in total. The third-order valence-electron chi connectivity index (χ3n) is 5.00. The number of hydrogen-bond donors (Lipinski definition) is 1. The molecule has 1 N–H and O–H groups in total. The van der Waals surface area contributed by atoms with E-state index in [2.05, 4.69) is 28.2 Å². The van der Waals surface area contributed by atoms with Crippen molar-refractivity contribution in [2.24, 2.45) is 5.92 Å². The normalized spacial score (nSPS) is 25.8. The molecule has 2 aliphatic rings. The van der Waals surface area contributed by atoms with Crippen molar-refractivity contribution in [3.05, 3.63) is 29.6 Å². The maximum atomic E-state index is 4.55. The smallest absolute Gasteiger partial charge is 0.0573 e. The summed E-state index contributed by atoms with van der Waals surface area (Å²) in [4.78, 5) is 7.14. The molecular formula is C17H27N3. The second-order valence-corrected chi connectivity index (χ2v) is 6.46. The maximum Gasteiger partial charge on any atom is 0.0573 e. The van der Waals surface area contributed by atoms with Crippen LogP contribution in [0.2, 0.25) is 0 Å². The van der Waals surface area contributed by atoms with E-state index in [0.29, 0.717) is 6.04 Å². The molecule has 1 saturated carbocycles. The van der Waals surface area contributed by atoms with Gasteiger partial charge in [0.05, 0.1) is 5.69 Å². The first kappa shape index (κ1) is 14.0. The average Bonchev–Trinajstić information content (AvgIpc) is 2.51. The van der Waals surface area contributed by atoms with Crippen LogP contribution in [0.25, 0.3) is 0 Å². The van der Waals surface area contributed by atoms with E-state index >= 15 is 0 Å². The van der Waals surface area contributed by atoms with E-state index in [0.717, 1.165) is 25.6 Å². The number of pyridine rings is 1. The zero-order valence-corrected chi connectivity index (χ0v) is 12.6. The van der Waals surface area contributed by atoms with Gasteiger partial charge in [-0.2, -0.15) is 0 Å². The van der Waals surface area contributed by atoms with E-state index in [-0.39, 0.29) is 0 Å². The average molecular weight is 273 g/mol. The van der Waals surface area contributed by atoms with Crippen molar-refractivity contribution >= 4 is 0 Å². The van der Waals surface area contributed by atoms with Crippen LogP contribution < -0.4 is 5.32 Å². The van der Waals surface area contributed by atoms with Gasteiger partial charge in [0, 0.05) is 38.4 Å². The van der Waals surface area contributed by atoms with Gasteiger partial charge in [0.15, 0.2) is 0 Å². The van der Waals surface area contributed by atoms with E-state index in [1.807, 2.05) is 12.3 Å². The number of rotatable bonds is 3. The Hall–Kier alpha value is -0.930. The van der Waals surface area contributed by atoms with Crippen LogP contribution in [0.5, 0.6) is 0 Å². The third kappa shape index (κ3) is 3.39. The van der Waals surface area contributed by atoms with Crippen LogP contribution >= 0.6 is 0 Å². The van der Waals surface area contributed by atoms with Gasteiger partial charge in [0.1, 0.15) is 0 Å². The van der Waals surface area contributed by atoms with Crippen molar-refractivity contribution in [1.29, 1.82) is 0 Å². The van der Waals surface area contributed by atoms with Crippen LogP contribution in [0.3, 0.4) is 0 Å². The highest BCUT2D eigenvalue weighted by Crippen LogP contribution is 2.28. The molecule has 1 aromatic rings. The van der Waals surface area contributed by atoms with E-state index in [1.54, 1.807) is 0 Å². The van der Waals surface area contributed by atoms with Crippen molar-refractivity contribution in [2.75, 3.05) is 19.6 Å². The van der Waals surface area contributed by atoms with Gasteiger partial charge < -0.3 is 5.32 Å². The fourth-order valence-electron chi connectivity index (χ4n) is 3.73. The fourth-order valence-corrected chi connectivity index (χ4v) is 3.73. The molecule has 0 spiro atoms. The molecule has 2 fully saturated rings. The number of hydrogen-bond acceptors (Lipinski definition) is 3. The highest BCUT2D eigenvalue weighted by Gasteiger charge is 2.28. The lowest BCUT2D eigenvalue weighted by atomic mass is 9.83. The predicted molar refractivity (Wildman–Crippen MR) is 82.6 cm³/mol. The number of nitrogens with zero attached hydrogens (tertiary/aromatic N) is 2. The lowest BCUT2D eigenvalue weighted by Crippen LogP contribution is -2.53. The van der Waals surface area contributed by atoms with Gasteiger partial charge in [0.25, 0.3) is 0 Å². The summed E-state index contributed by atoms with van der Waals surface area (Å²) in [6.45, 7) is 6.66. The lowest BCUT2D eigenvalue weighted by molar-refractivity contribution is 0.139. The van der Waals surface area contributed by atoms with Gasteiger partial charge in [-0.25, -0.2) is 0 Å². The highest BCUT2D eigenvalue weighted by molar-refractivity contribution is 5.17. The van der Waals surface area contributed by atoms with Crippen LogP contribution in [-0.4, -0.2) is 35.6 Å². The Morgan fingerprint density at radius 3 is 2.95 bits per heavy atom. The van der Waals surface area contributed by atoms with Crippen molar-refractivity contribution in [3.63, 3.8) is 0 Å². The summed E-state index contributed by atoms with van der Waals surface area (Å²) in [5, 5.41) is 3.76. The Kier molecular flexibility index (Phi) is 4.69. The quantitative estimate of drug-likeness (QED) is 0.918. The summed E-state index contributed by atoms with van der Waals surface area (Å²) in [6, 6.07) is 4.90. The molecule has 110 valence electrons. The molecule has 1 atom stereocenters. The molecule has 1 unspecified atom stereocenters. The molecule has 1 saturated heterocycles. The zero-order chi connectivity index (χ0) is 13.8. The van der Waals surface area contributed by atoms with E-state index in [9.17, 15) is 0 Å². The fraction of sp³-hybridized carbons (Fsp3) is 0.706. The summed E-state index contributed by atoms with van der Waals surface area (Å²) in [7, 11) is 0. The van der Waals surface area contributed by atoms with Crippen LogP contribution in [-0.2, 0) is 6.54 Å². The first-order valence-electron chi connectivity index (χ1n) is 8.19. The van der Waals surface area contributed by atoms with Crippen LogP contribution in [0.1, 0.15) is 43.4 Å². The van der Waals surface area contributed by atoms with Crippen molar-refractivity contribution in [3.8, 4) is 0 Å². The number of nitrogens with one attached hydrogen (secondary N) is 1. The Labute approximate surface area is 122 Å². The monoisotopic (exact) mass is 273 g/mol. The Bertz CT molecular complexity index is 426. The molecule has 1 aromatic heterocycles. The SMILES string of the molecule is Cc1cccnc1CN1CCNC(C2CCCCC2)C1. The molecular weight excluding hydrogens is 246 g/mol. The molecule has 0 amide bonds. The van der Waals surface area contributed by atoms with E-state index in [4.69, 9.17) is 0 Å². The summed E-state index contributed by atoms with van der Waals surface area (Å²) in [5.74, 6) is 0.899. The number of piperazine rings is 1. The van der Waals surface area contributed by atoms with Crippen LogP contribution in [0, 0.1) is 12.8 Å². The summed E-state index contributed by atoms with van der Waals surface area (Å²) >= 11 is 0. The van der Waals surface area contributed by atoms with Gasteiger partial charge in [-0.1, -0.05) is 25.3 Å². The predicted octanol–water partition coefficient (Wildman–Crippen LogP) is 2.74. The Balaban J connectivity index is 1.59. The molecule has 0 bridgehead atoms. The van der Waals surface area contributed by atoms with E-state index < -0.39 is 0 Å². The molecule has 1 aliphatic carbocycles. The first-order chi connectivity index (χ1) is 9.83. The summed E-state index contributed by atoms with van der Waals surface area (Å²) in [6.07, 6.45) is 9.08. The Morgan fingerprint density at radius 2 is 2.15 bits per heavy atom. The number of aryl methyl sites for hydroxylation is 1. The molecule has 0 radical (unpaired) electrons. The molecule has 3 heteroatoms. The second-order valence-electron chi connectivity index (χ2n) is 6.46. The zero-order valence-electron chi connectivity index (χ0n) is 12.6. The maximum absolute atomic E-state index is 4.55. The minimum Gasteiger partial charge on any atom is -0.311 e. The Morgan fingerprint density at radius 1 is 1.30 bits per heavy atom. The molecule has 3 rings (SSSR count). The first-order valence-corrected chi connectivity index (χ1v) is 8.19. The second kappa shape index (κ2) is 6.68. The van der Waals surface area contributed by atoms with Gasteiger partial charge in [0.2, 0.25) is 0 Å². The molecule has 2 heterocycles. The van der Waals surface area contributed by atoms with Gasteiger partial charge in [-0.15, -0.1) is 0 Å². The lowest BCUT2D eigenvalue weighted by Gasteiger charge is -2.39. The standard InChI is InChI=1S/C17H27N3/c1-14-6-5-9-18-16(14)12-20-11-10-19-17(13-20)15-7-3-2-4-8-15/h5-6,9,15,17,19H,2-4,7-8,10-13H2,1H3. The number of aromatic nitrogens is 1. The van der Waals surface area contributed by atoms with E-state index in [1.165, 1.54) is 49.9 Å². The van der Waals surface area contributed by atoms with Gasteiger partial charge >= 0.3 is 0 Å². The van der Waals surface area contributed by atoms with Crippen molar-refractivity contribution in [1.82, 2.24) is 15.2 Å². The highest BCUT2D eigenvalue weighted by atomic mass is 15.2. The van der Waals surface area contributed by atoms with Crippen molar-refractivity contribution in [2.45, 2.75) is 51.6 Å². The van der Waals surface area contributed by atoms with Gasteiger partial charge in [-0.3, -0.25) is 9.88 Å². The van der Waals surface area contributed by atoms with Crippen molar-refractivity contribution < 1.29 is 0 Å². The molecule has 20 heavy (non-hydrogen) atoms. The van der Waals surface area contributed by atoms with Gasteiger partial charge in [-0.05, 0) is 37.3 Å². The molecule has 1 aliphatic heterocycles. The molecule has 0 aromatic carbocycles. The minimum atomic E-state index is 0.702.